The Morgan fingerprint density at radius 1 is 1.41 bits per heavy atom. The topological polar surface area (TPSA) is 51.8 Å². The first-order valence-corrected chi connectivity index (χ1v) is 7.12. The van der Waals surface area contributed by atoms with Gasteiger partial charge in [0, 0.05) is 17.9 Å². The molecule has 0 aliphatic heterocycles. The summed E-state index contributed by atoms with van der Waals surface area (Å²) in [6.07, 6.45) is 0.891. The first-order chi connectivity index (χ1) is 8.22. The van der Waals surface area contributed by atoms with Crippen LogP contribution in [0.5, 0.6) is 0 Å². The monoisotopic (exact) mass is 265 g/mol. The van der Waals surface area contributed by atoms with Crippen molar-refractivity contribution in [3.05, 3.63) is 35.2 Å². The molecule has 0 radical (unpaired) electrons. The minimum atomic E-state index is 0.588. The van der Waals surface area contributed by atoms with Crippen LogP contribution in [0.2, 0.25) is 0 Å². The Kier molecular flexibility index (Phi) is 4.15. The van der Waals surface area contributed by atoms with Crippen LogP contribution in [0.25, 0.3) is 0 Å². The van der Waals surface area contributed by atoms with Crippen molar-refractivity contribution in [3.8, 4) is 0 Å². The van der Waals surface area contributed by atoms with Crippen molar-refractivity contribution in [1.82, 2.24) is 9.36 Å². The number of nitrogens with two attached hydrogens (primary N) is 1. The van der Waals surface area contributed by atoms with Gasteiger partial charge in [-0.1, -0.05) is 30.8 Å². The second-order valence-corrected chi connectivity index (χ2v) is 5.78. The quantitative estimate of drug-likeness (QED) is 0.923. The molecule has 17 heavy (non-hydrogen) atoms. The fraction of sp³-hybridized carbons (Fsp3) is 0.333. The Bertz CT molecular complexity index is 508. The molecule has 2 rings (SSSR count). The third kappa shape index (κ3) is 3.06. The molecule has 0 aliphatic rings. The maximum absolute atomic E-state index is 5.62. The van der Waals surface area contributed by atoms with E-state index in [0.29, 0.717) is 6.54 Å². The summed E-state index contributed by atoms with van der Waals surface area (Å²) in [7, 11) is 0. The molecule has 0 saturated carbocycles. The number of hydrogen-bond acceptors (Lipinski definition) is 5. The number of benzene rings is 1. The highest BCUT2D eigenvalue weighted by Gasteiger charge is 2.07. The first kappa shape index (κ1) is 12.5. The van der Waals surface area contributed by atoms with E-state index in [2.05, 4.69) is 41.4 Å². The van der Waals surface area contributed by atoms with Crippen LogP contribution in [0.15, 0.2) is 27.4 Å². The van der Waals surface area contributed by atoms with Gasteiger partial charge in [-0.05, 0) is 35.6 Å². The van der Waals surface area contributed by atoms with Crippen molar-refractivity contribution >= 4 is 23.3 Å². The predicted molar refractivity (Wildman–Crippen MR) is 72.5 cm³/mol. The summed E-state index contributed by atoms with van der Waals surface area (Å²) >= 11 is 3.14. The summed E-state index contributed by atoms with van der Waals surface area (Å²) in [4.78, 5) is 5.68. The van der Waals surface area contributed by atoms with Crippen LogP contribution in [0.3, 0.4) is 0 Å². The molecule has 0 amide bonds. The van der Waals surface area contributed by atoms with Gasteiger partial charge < -0.3 is 5.73 Å². The molecule has 1 heterocycles. The molecule has 2 N–H and O–H groups in total. The molecule has 0 unspecified atom stereocenters. The van der Waals surface area contributed by atoms with Crippen LogP contribution in [-0.2, 0) is 13.0 Å². The average molecular weight is 265 g/mol. The number of aromatic nitrogens is 2. The molecule has 0 fully saturated rings. The van der Waals surface area contributed by atoms with E-state index < -0.39 is 0 Å². The molecule has 3 nitrogen and oxygen atoms in total. The van der Waals surface area contributed by atoms with Crippen LogP contribution in [0.4, 0.5) is 0 Å². The average Bonchev–Trinajstić information content (AvgIpc) is 2.79. The van der Waals surface area contributed by atoms with Gasteiger partial charge in [0.15, 0.2) is 4.34 Å². The predicted octanol–water partition coefficient (Wildman–Crippen LogP) is 3.02. The summed E-state index contributed by atoms with van der Waals surface area (Å²) < 4.78 is 5.29. The second kappa shape index (κ2) is 5.62. The molecule has 5 heteroatoms. The van der Waals surface area contributed by atoms with Gasteiger partial charge in [0.25, 0.3) is 0 Å². The van der Waals surface area contributed by atoms with E-state index in [-0.39, 0.29) is 0 Å². The van der Waals surface area contributed by atoms with Gasteiger partial charge in [-0.25, -0.2) is 4.98 Å². The molecule has 0 spiro atoms. The fourth-order valence-electron chi connectivity index (χ4n) is 1.47. The van der Waals surface area contributed by atoms with Crippen molar-refractivity contribution in [2.45, 2.75) is 36.0 Å². The van der Waals surface area contributed by atoms with E-state index in [0.717, 1.165) is 16.6 Å². The second-order valence-electron chi connectivity index (χ2n) is 3.74. The van der Waals surface area contributed by atoms with Gasteiger partial charge in [-0.3, -0.25) is 0 Å². The lowest BCUT2D eigenvalue weighted by atomic mass is 10.1. The fourth-order valence-corrected chi connectivity index (χ4v) is 3.19. The number of aryl methyl sites for hydroxylation is 2. The van der Waals surface area contributed by atoms with E-state index in [9.17, 15) is 0 Å². The molecular formula is C12H15N3S2. The third-order valence-corrected chi connectivity index (χ3v) is 4.40. The van der Waals surface area contributed by atoms with Crippen LogP contribution >= 0.6 is 23.3 Å². The summed E-state index contributed by atoms with van der Waals surface area (Å²) in [5, 5.41) is 0. The van der Waals surface area contributed by atoms with Crippen molar-refractivity contribution in [2.75, 3.05) is 0 Å². The van der Waals surface area contributed by atoms with E-state index in [4.69, 9.17) is 5.73 Å². The highest BCUT2D eigenvalue weighted by Crippen LogP contribution is 2.31. The van der Waals surface area contributed by atoms with Crippen molar-refractivity contribution in [2.24, 2.45) is 5.73 Å². The van der Waals surface area contributed by atoms with E-state index in [1.165, 1.54) is 27.6 Å². The van der Waals surface area contributed by atoms with E-state index in [1.54, 1.807) is 11.8 Å². The van der Waals surface area contributed by atoms with Gasteiger partial charge in [0.05, 0.1) is 0 Å². The minimum absolute atomic E-state index is 0.588. The molecule has 0 aliphatic carbocycles. The molecule has 0 atom stereocenters. The van der Waals surface area contributed by atoms with Crippen molar-refractivity contribution in [1.29, 1.82) is 0 Å². The molecule has 0 bridgehead atoms. The van der Waals surface area contributed by atoms with Gasteiger partial charge in [0.2, 0.25) is 0 Å². The Labute approximate surface area is 110 Å². The Hall–Kier alpha value is -0.910. The summed E-state index contributed by atoms with van der Waals surface area (Å²) in [6, 6.07) is 6.30. The third-order valence-electron chi connectivity index (χ3n) is 2.44. The lowest BCUT2D eigenvalue weighted by molar-refractivity contribution is 0.971. The van der Waals surface area contributed by atoms with Gasteiger partial charge in [-0.15, -0.1) is 0 Å². The van der Waals surface area contributed by atoms with Crippen molar-refractivity contribution in [3.63, 3.8) is 0 Å². The molecule has 90 valence electrons. The van der Waals surface area contributed by atoms with Crippen LogP contribution in [0, 0.1) is 6.92 Å². The number of hydrogen-bond donors (Lipinski definition) is 1. The van der Waals surface area contributed by atoms with Crippen molar-refractivity contribution < 1.29 is 0 Å². The van der Waals surface area contributed by atoms with E-state index in [1.807, 2.05) is 0 Å². The molecule has 1 aromatic heterocycles. The number of rotatable bonds is 4. The highest BCUT2D eigenvalue weighted by atomic mass is 32.2. The first-order valence-electron chi connectivity index (χ1n) is 5.53. The summed E-state index contributed by atoms with van der Waals surface area (Å²) in [5.74, 6) is 0.925. The SMILES string of the molecule is CCc1nsc(Sc2ccc(CN)cc2C)n1. The zero-order chi connectivity index (χ0) is 12.3. The highest BCUT2D eigenvalue weighted by molar-refractivity contribution is 8.01. The van der Waals surface area contributed by atoms with Crippen LogP contribution in [0.1, 0.15) is 23.9 Å². The maximum atomic E-state index is 5.62. The lowest BCUT2D eigenvalue weighted by Crippen LogP contribution is -1.96. The molecular weight excluding hydrogens is 250 g/mol. The summed E-state index contributed by atoms with van der Waals surface area (Å²) in [6.45, 7) is 4.76. The minimum Gasteiger partial charge on any atom is -0.326 e. The Morgan fingerprint density at radius 2 is 2.24 bits per heavy atom. The maximum Gasteiger partial charge on any atom is 0.174 e. The molecule has 2 aromatic rings. The van der Waals surface area contributed by atoms with Crippen LogP contribution < -0.4 is 5.73 Å². The Balaban J connectivity index is 2.18. The van der Waals surface area contributed by atoms with Gasteiger partial charge in [0.1, 0.15) is 5.82 Å². The molecule has 0 saturated heterocycles. The summed E-state index contributed by atoms with van der Waals surface area (Å²) in [5.41, 5.74) is 8.02. The smallest absolute Gasteiger partial charge is 0.174 e. The van der Waals surface area contributed by atoms with Gasteiger partial charge in [-0.2, -0.15) is 4.37 Å². The normalized spacial score (nSPS) is 10.8. The van der Waals surface area contributed by atoms with Gasteiger partial charge >= 0.3 is 0 Å². The largest absolute Gasteiger partial charge is 0.326 e. The number of nitrogens with zero attached hydrogens (tertiary/aromatic N) is 2. The molecule has 1 aromatic carbocycles. The standard InChI is InChI=1S/C12H15N3S2/c1-3-11-14-12(17-15-11)16-10-5-4-9(7-13)6-8(10)2/h4-6H,3,7,13H2,1-2H3. The van der Waals surface area contributed by atoms with Crippen LogP contribution in [-0.4, -0.2) is 9.36 Å². The van der Waals surface area contributed by atoms with E-state index >= 15 is 0 Å². The zero-order valence-electron chi connectivity index (χ0n) is 9.93. The zero-order valence-corrected chi connectivity index (χ0v) is 11.6. The lowest BCUT2D eigenvalue weighted by Gasteiger charge is -2.04. The Morgan fingerprint density at radius 3 is 2.82 bits per heavy atom.